The largest absolute Gasteiger partial charge is 0.391 e. The molecule has 68 valence electrons. The van der Waals surface area contributed by atoms with Crippen molar-refractivity contribution < 1.29 is 5.11 Å². The van der Waals surface area contributed by atoms with E-state index in [1.54, 1.807) is 17.8 Å². The fourth-order valence-corrected chi connectivity index (χ4v) is 0.882. The molecule has 5 nitrogen and oxygen atoms in total. The maximum Gasteiger partial charge on any atom is 0.0991 e. The Morgan fingerprint density at radius 3 is 2.75 bits per heavy atom. The molecule has 0 aliphatic heterocycles. The van der Waals surface area contributed by atoms with Gasteiger partial charge in [0, 0.05) is 6.04 Å². The molecule has 0 saturated heterocycles. The number of nitrogens with zero attached hydrogens (tertiary/aromatic N) is 3. The zero-order chi connectivity index (χ0) is 9.14. The van der Waals surface area contributed by atoms with Gasteiger partial charge in [-0.3, -0.25) is 0 Å². The zero-order valence-electron chi connectivity index (χ0n) is 7.31. The summed E-state index contributed by atoms with van der Waals surface area (Å²) in [6.45, 7) is 4.00. The Morgan fingerprint density at radius 2 is 2.33 bits per heavy atom. The Kier molecular flexibility index (Phi) is 2.78. The molecule has 3 N–H and O–H groups in total. The van der Waals surface area contributed by atoms with E-state index in [-0.39, 0.29) is 6.04 Å². The fourth-order valence-electron chi connectivity index (χ4n) is 0.882. The molecule has 0 spiro atoms. The van der Waals surface area contributed by atoms with Crippen molar-refractivity contribution >= 4 is 0 Å². The van der Waals surface area contributed by atoms with E-state index in [9.17, 15) is 0 Å². The molecule has 1 aromatic heterocycles. The summed E-state index contributed by atoms with van der Waals surface area (Å²) in [5, 5.41) is 16.7. The number of rotatable bonds is 3. The maximum atomic E-state index is 9.03. The Labute approximate surface area is 71.2 Å². The van der Waals surface area contributed by atoms with Gasteiger partial charge in [0.2, 0.25) is 0 Å². The van der Waals surface area contributed by atoms with Crippen LogP contribution in [0.3, 0.4) is 0 Å². The van der Waals surface area contributed by atoms with Crippen molar-refractivity contribution in [3.8, 4) is 0 Å². The highest BCUT2D eigenvalue weighted by molar-refractivity contribution is 4.97. The Bertz CT molecular complexity index is 243. The quantitative estimate of drug-likeness (QED) is 0.651. The minimum Gasteiger partial charge on any atom is -0.391 e. The van der Waals surface area contributed by atoms with E-state index < -0.39 is 6.10 Å². The summed E-state index contributed by atoms with van der Waals surface area (Å²) in [5.74, 6) is 0. The first-order valence-corrected chi connectivity index (χ1v) is 3.93. The SMILES string of the molecule is CC(O)Cn1cc([C@@H](C)N)nn1. The molecule has 0 amide bonds. The van der Waals surface area contributed by atoms with Gasteiger partial charge in [0.15, 0.2) is 0 Å². The van der Waals surface area contributed by atoms with Gasteiger partial charge in [0.1, 0.15) is 0 Å². The Hall–Kier alpha value is -0.940. The molecule has 0 aliphatic rings. The van der Waals surface area contributed by atoms with Gasteiger partial charge in [-0.2, -0.15) is 0 Å². The lowest BCUT2D eigenvalue weighted by molar-refractivity contribution is 0.167. The first-order valence-electron chi connectivity index (χ1n) is 3.93. The highest BCUT2D eigenvalue weighted by atomic mass is 16.3. The first-order chi connectivity index (χ1) is 5.59. The van der Waals surface area contributed by atoms with Crippen LogP contribution in [-0.2, 0) is 6.54 Å². The van der Waals surface area contributed by atoms with Gasteiger partial charge < -0.3 is 10.8 Å². The van der Waals surface area contributed by atoms with Gasteiger partial charge in [0.25, 0.3) is 0 Å². The summed E-state index contributed by atoms with van der Waals surface area (Å²) in [6.07, 6.45) is 1.34. The first kappa shape index (κ1) is 9.15. The van der Waals surface area contributed by atoms with Crippen LogP contribution in [0.25, 0.3) is 0 Å². The average Bonchev–Trinajstić information content (AvgIpc) is 2.34. The van der Waals surface area contributed by atoms with Crippen molar-refractivity contribution in [3.05, 3.63) is 11.9 Å². The number of hydrogen-bond donors (Lipinski definition) is 2. The van der Waals surface area contributed by atoms with Crippen molar-refractivity contribution in [1.82, 2.24) is 15.0 Å². The molecule has 2 atom stereocenters. The van der Waals surface area contributed by atoms with Crippen LogP contribution in [0.15, 0.2) is 6.20 Å². The van der Waals surface area contributed by atoms with Crippen LogP contribution >= 0.6 is 0 Å². The number of aliphatic hydroxyl groups excluding tert-OH is 1. The summed E-state index contributed by atoms with van der Waals surface area (Å²) in [5.41, 5.74) is 6.33. The molecule has 0 aromatic carbocycles. The lowest BCUT2D eigenvalue weighted by Gasteiger charge is -2.01. The molecular weight excluding hydrogens is 156 g/mol. The predicted octanol–water partition coefficient (Wildman–Crippen LogP) is -0.321. The number of aliphatic hydroxyl groups is 1. The number of hydrogen-bond acceptors (Lipinski definition) is 4. The van der Waals surface area contributed by atoms with Crippen LogP contribution < -0.4 is 5.73 Å². The third kappa shape index (κ3) is 2.28. The van der Waals surface area contributed by atoms with Gasteiger partial charge >= 0.3 is 0 Å². The van der Waals surface area contributed by atoms with Gasteiger partial charge in [-0.1, -0.05) is 5.21 Å². The average molecular weight is 170 g/mol. The monoisotopic (exact) mass is 170 g/mol. The zero-order valence-corrected chi connectivity index (χ0v) is 7.31. The molecule has 1 unspecified atom stereocenters. The van der Waals surface area contributed by atoms with Crippen LogP contribution in [0.2, 0.25) is 0 Å². The van der Waals surface area contributed by atoms with E-state index in [1.807, 2.05) is 6.92 Å². The summed E-state index contributed by atoms with van der Waals surface area (Å²) < 4.78 is 1.59. The van der Waals surface area contributed by atoms with Crippen molar-refractivity contribution in [1.29, 1.82) is 0 Å². The maximum absolute atomic E-state index is 9.03. The van der Waals surface area contributed by atoms with E-state index in [0.717, 1.165) is 5.69 Å². The van der Waals surface area contributed by atoms with Crippen molar-refractivity contribution in [2.75, 3.05) is 0 Å². The molecule has 0 fully saturated rings. The van der Waals surface area contributed by atoms with Gasteiger partial charge in [0.05, 0.1) is 24.5 Å². The van der Waals surface area contributed by atoms with Crippen LogP contribution in [0, 0.1) is 0 Å². The minimum absolute atomic E-state index is 0.104. The smallest absolute Gasteiger partial charge is 0.0991 e. The molecular formula is C7H14N4O. The van der Waals surface area contributed by atoms with Gasteiger partial charge in [-0.05, 0) is 13.8 Å². The summed E-state index contributed by atoms with van der Waals surface area (Å²) in [7, 11) is 0. The summed E-state index contributed by atoms with van der Waals surface area (Å²) in [6, 6.07) is -0.104. The van der Waals surface area contributed by atoms with Crippen molar-refractivity contribution in [2.24, 2.45) is 5.73 Å². The van der Waals surface area contributed by atoms with Crippen LogP contribution in [0.1, 0.15) is 25.6 Å². The second-order valence-corrected chi connectivity index (χ2v) is 3.00. The fraction of sp³-hybridized carbons (Fsp3) is 0.714. The van der Waals surface area contributed by atoms with E-state index in [4.69, 9.17) is 10.8 Å². The predicted molar refractivity (Wildman–Crippen MR) is 44.3 cm³/mol. The third-order valence-electron chi connectivity index (χ3n) is 1.47. The highest BCUT2D eigenvalue weighted by Gasteiger charge is 2.05. The van der Waals surface area contributed by atoms with E-state index in [0.29, 0.717) is 6.54 Å². The third-order valence-corrected chi connectivity index (χ3v) is 1.47. The second kappa shape index (κ2) is 3.64. The molecule has 1 heterocycles. The lowest BCUT2D eigenvalue weighted by Crippen LogP contribution is -2.12. The molecule has 0 bridgehead atoms. The molecule has 1 rings (SSSR count). The molecule has 0 saturated carbocycles. The summed E-state index contributed by atoms with van der Waals surface area (Å²) >= 11 is 0. The number of nitrogens with two attached hydrogens (primary N) is 1. The molecule has 12 heavy (non-hydrogen) atoms. The van der Waals surface area contributed by atoms with E-state index in [1.165, 1.54) is 0 Å². The van der Waals surface area contributed by atoms with Crippen molar-refractivity contribution in [2.45, 2.75) is 32.5 Å². The topological polar surface area (TPSA) is 77.0 Å². The molecule has 0 aliphatic carbocycles. The van der Waals surface area contributed by atoms with Gasteiger partial charge in [-0.15, -0.1) is 5.10 Å². The van der Waals surface area contributed by atoms with Crippen LogP contribution in [0.5, 0.6) is 0 Å². The minimum atomic E-state index is -0.410. The molecule has 5 heteroatoms. The highest BCUT2D eigenvalue weighted by Crippen LogP contribution is 2.03. The Morgan fingerprint density at radius 1 is 1.67 bits per heavy atom. The summed E-state index contributed by atoms with van der Waals surface area (Å²) in [4.78, 5) is 0. The van der Waals surface area contributed by atoms with Crippen molar-refractivity contribution in [3.63, 3.8) is 0 Å². The molecule has 1 aromatic rings. The number of aromatic nitrogens is 3. The standard InChI is InChI=1S/C7H14N4O/c1-5(12)3-11-4-7(6(2)8)9-10-11/h4-6,12H,3,8H2,1-2H3/t5?,6-/m1/s1. The normalized spacial score (nSPS) is 16.0. The lowest BCUT2D eigenvalue weighted by atomic mass is 10.3. The van der Waals surface area contributed by atoms with Gasteiger partial charge in [-0.25, -0.2) is 4.68 Å². The van der Waals surface area contributed by atoms with E-state index >= 15 is 0 Å². The molecule has 0 radical (unpaired) electrons. The second-order valence-electron chi connectivity index (χ2n) is 3.00. The van der Waals surface area contributed by atoms with E-state index in [2.05, 4.69) is 10.3 Å². The van der Waals surface area contributed by atoms with Crippen LogP contribution in [-0.4, -0.2) is 26.2 Å². The Balaban J connectivity index is 2.64. The van der Waals surface area contributed by atoms with Crippen LogP contribution in [0.4, 0.5) is 0 Å².